The number of fused-ring (bicyclic) bond motifs is 1. The summed E-state index contributed by atoms with van der Waals surface area (Å²) in [4.78, 5) is 51.0. The van der Waals surface area contributed by atoms with Gasteiger partial charge in [-0.05, 0) is 28.6 Å². The highest BCUT2D eigenvalue weighted by Crippen LogP contribution is 2.45. The first-order valence-electron chi connectivity index (χ1n) is 15.5. The SMILES string of the molecule is COC(=O)C1(Cc2nc(Cl)nc(N3CCN(C(=O)OCc4ccccc4)[C@@H](C(C#N)C(C)(C)C)C3)c2[N+](=O)[O-])CCOc2ccccc21. The van der Waals surface area contributed by atoms with Gasteiger partial charge in [0.25, 0.3) is 0 Å². The van der Waals surface area contributed by atoms with Gasteiger partial charge in [0.15, 0.2) is 0 Å². The standard InChI is InChI=1S/C34H37ClN6O7/c1-33(2,3)24(19-36)26-20-39(15-16-40(26)32(43)48-21-22-10-6-5-7-11-22)29-28(41(44)45)25(37-31(35)38-29)18-34(30(42)46-4)14-17-47-27-13-9-8-12-23(27)34/h5-13,24,26H,14-18,20-21H2,1-4H3/t24?,26-,34?/m1/s1. The third-order valence-electron chi connectivity index (χ3n) is 8.94. The summed E-state index contributed by atoms with van der Waals surface area (Å²) >= 11 is 6.45. The molecule has 2 aliphatic rings. The highest BCUT2D eigenvalue weighted by atomic mass is 35.5. The van der Waals surface area contributed by atoms with E-state index in [1.807, 2.05) is 51.1 Å². The fourth-order valence-corrected chi connectivity index (χ4v) is 6.75. The van der Waals surface area contributed by atoms with Crippen LogP contribution in [0.3, 0.4) is 0 Å². The van der Waals surface area contributed by atoms with Crippen molar-refractivity contribution in [1.29, 1.82) is 5.26 Å². The maximum atomic E-state index is 13.5. The molecule has 0 spiro atoms. The van der Waals surface area contributed by atoms with E-state index in [1.165, 1.54) is 12.0 Å². The molecule has 1 aromatic heterocycles. The average molecular weight is 677 g/mol. The number of benzene rings is 2. The van der Waals surface area contributed by atoms with E-state index in [1.54, 1.807) is 29.2 Å². The lowest BCUT2D eigenvalue weighted by Gasteiger charge is -2.45. The zero-order valence-corrected chi connectivity index (χ0v) is 28.0. The summed E-state index contributed by atoms with van der Waals surface area (Å²) in [7, 11) is 1.26. The van der Waals surface area contributed by atoms with Gasteiger partial charge in [-0.25, -0.2) is 9.78 Å². The van der Waals surface area contributed by atoms with Crippen LogP contribution in [0.2, 0.25) is 5.28 Å². The molecule has 3 heterocycles. The van der Waals surface area contributed by atoms with E-state index in [4.69, 9.17) is 25.8 Å². The molecule has 0 N–H and O–H groups in total. The van der Waals surface area contributed by atoms with Gasteiger partial charge in [0.05, 0.1) is 36.7 Å². The summed E-state index contributed by atoms with van der Waals surface area (Å²) in [6.45, 7) is 6.17. The Kier molecular flexibility index (Phi) is 10.0. The van der Waals surface area contributed by atoms with Crippen molar-refractivity contribution in [2.75, 3.05) is 38.3 Å². The molecule has 13 nitrogen and oxygen atoms in total. The third kappa shape index (κ3) is 6.85. The summed E-state index contributed by atoms with van der Waals surface area (Å²) in [5, 5.41) is 22.9. The molecule has 1 fully saturated rings. The molecule has 5 rings (SSSR count). The van der Waals surface area contributed by atoms with Crippen molar-refractivity contribution >= 4 is 35.2 Å². The number of nitriles is 1. The molecule has 14 heteroatoms. The number of methoxy groups -OCH3 is 1. The Morgan fingerprint density at radius 2 is 1.88 bits per heavy atom. The molecule has 2 aliphatic heterocycles. The predicted molar refractivity (Wildman–Crippen MR) is 176 cm³/mol. The molecule has 1 amide bonds. The van der Waals surface area contributed by atoms with Gasteiger partial charge in [0.1, 0.15) is 23.5 Å². The monoisotopic (exact) mass is 676 g/mol. The summed E-state index contributed by atoms with van der Waals surface area (Å²) in [5.74, 6) is -0.862. The molecule has 3 atom stereocenters. The molecule has 2 aromatic carbocycles. The van der Waals surface area contributed by atoms with E-state index in [9.17, 15) is 25.0 Å². The Labute approximate surface area is 283 Å². The Hall–Kier alpha value is -4.96. The van der Waals surface area contributed by atoms with Crippen molar-refractivity contribution in [1.82, 2.24) is 14.9 Å². The number of nitro groups is 1. The summed E-state index contributed by atoms with van der Waals surface area (Å²) < 4.78 is 16.7. The number of esters is 1. The number of carbonyl (C=O) groups excluding carboxylic acids is 2. The smallest absolute Gasteiger partial charge is 0.410 e. The van der Waals surface area contributed by atoms with Gasteiger partial charge in [0.2, 0.25) is 11.1 Å². The minimum absolute atomic E-state index is 0.0301. The predicted octanol–water partition coefficient (Wildman–Crippen LogP) is 5.49. The summed E-state index contributed by atoms with van der Waals surface area (Å²) in [6, 6.07) is 17.9. The molecule has 0 aliphatic carbocycles. The minimum atomic E-state index is -1.34. The lowest BCUT2D eigenvalue weighted by molar-refractivity contribution is -0.385. The second kappa shape index (κ2) is 14.0. The Balaban J connectivity index is 1.53. The van der Waals surface area contributed by atoms with Crippen LogP contribution < -0.4 is 9.64 Å². The number of nitrogens with zero attached hydrogens (tertiary/aromatic N) is 6. The first-order chi connectivity index (χ1) is 22.9. The lowest BCUT2D eigenvalue weighted by atomic mass is 9.72. The van der Waals surface area contributed by atoms with Crippen LogP contribution in [-0.4, -0.2) is 71.2 Å². The van der Waals surface area contributed by atoms with Crippen LogP contribution >= 0.6 is 11.6 Å². The molecular weight excluding hydrogens is 640 g/mol. The fraction of sp³-hybridized carbons (Fsp3) is 0.441. The number of aromatic nitrogens is 2. The largest absolute Gasteiger partial charge is 0.493 e. The van der Waals surface area contributed by atoms with Crippen LogP contribution in [0.5, 0.6) is 5.75 Å². The number of amides is 1. The highest BCUT2D eigenvalue weighted by Gasteiger charge is 2.49. The average Bonchev–Trinajstić information content (AvgIpc) is 3.06. The van der Waals surface area contributed by atoms with Crippen LogP contribution in [0.1, 0.15) is 44.0 Å². The molecule has 1 saturated heterocycles. The second-order valence-electron chi connectivity index (χ2n) is 12.9. The topological polar surface area (TPSA) is 161 Å². The van der Waals surface area contributed by atoms with E-state index in [0.29, 0.717) is 11.3 Å². The van der Waals surface area contributed by atoms with Crippen molar-refractivity contribution in [3.8, 4) is 11.8 Å². The summed E-state index contributed by atoms with van der Waals surface area (Å²) in [5.41, 5.74) is -1.04. The number of rotatable bonds is 8. The van der Waals surface area contributed by atoms with Gasteiger partial charge >= 0.3 is 17.7 Å². The zero-order chi connectivity index (χ0) is 34.6. The van der Waals surface area contributed by atoms with Crippen LogP contribution in [0.4, 0.5) is 16.3 Å². The van der Waals surface area contributed by atoms with Gasteiger partial charge in [-0.2, -0.15) is 10.2 Å². The fourth-order valence-electron chi connectivity index (χ4n) is 6.57. The number of piperazine rings is 1. The maximum Gasteiger partial charge on any atom is 0.410 e. The van der Waals surface area contributed by atoms with Crippen molar-refractivity contribution in [3.63, 3.8) is 0 Å². The normalized spacial score (nSPS) is 19.7. The highest BCUT2D eigenvalue weighted by molar-refractivity contribution is 6.28. The first-order valence-corrected chi connectivity index (χ1v) is 15.9. The number of hydrogen-bond donors (Lipinski definition) is 0. The Morgan fingerprint density at radius 3 is 2.54 bits per heavy atom. The summed E-state index contributed by atoms with van der Waals surface area (Å²) in [6.07, 6.45) is -0.613. The third-order valence-corrected chi connectivity index (χ3v) is 9.11. The number of hydrogen-bond acceptors (Lipinski definition) is 11. The second-order valence-corrected chi connectivity index (χ2v) is 13.3. The molecule has 3 aromatic rings. The van der Waals surface area contributed by atoms with Gasteiger partial charge in [-0.1, -0.05) is 69.3 Å². The molecule has 48 heavy (non-hydrogen) atoms. The minimum Gasteiger partial charge on any atom is -0.493 e. The first kappa shape index (κ1) is 34.4. The van der Waals surface area contributed by atoms with Gasteiger partial charge in [0, 0.05) is 38.0 Å². The molecular formula is C34H37ClN6O7. The Morgan fingerprint density at radius 1 is 1.17 bits per heavy atom. The lowest BCUT2D eigenvalue weighted by Crippen LogP contribution is -2.60. The van der Waals surface area contributed by atoms with Crippen LogP contribution in [0.25, 0.3) is 0 Å². The number of para-hydroxylation sites is 1. The van der Waals surface area contributed by atoms with Gasteiger partial charge < -0.3 is 24.0 Å². The van der Waals surface area contributed by atoms with E-state index in [2.05, 4.69) is 16.0 Å². The van der Waals surface area contributed by atoms with Crippen molar-refractivity contribution < 1.29 is 28.7 Å². The molecule has 0 saturated carbocycles. The quantitative estimate of drug-likeness (QED) is 0.128. The van der Waals surface area contributed by atoms with E-state index >= 15 is 0 Å². The van der Waals surface area contributed by atoms with E-state index in [0.717, 1.165) is 5.56 Å². The van der Waals surface area contributed by atoms with Crippen molar-refractivity contribution in [3.05, 3.63) is 86.8 Å². The molecule has 0 bridgehead atoms. The number of ether oxygens (including phenoxy) is 3. The van der Waals surface area contributed by atoms with Gasteiger partial charge in [-0.15, -0.1) is 0 Å². The van der Waals surface area contributed by atoms with Crippen molar-refractivity contribution in [2.24, 2.45) is 11.3 Å². The molecule has 252 valence electrons. The molecule has 0 radical (unpaired) electrons. The maximum absolute atomic E-state index is 13.5. The molecule has 2 unspecified atom stereocenters. The number of carbonyl (C=O) groups is 2. The van der Waals surface area contributed by atoms with Crippen LogP contribution in [0, 0.1) is 32.8 Å². The van der Waals surface area contributed by atoms with Gasteiger partial charge in [-0.3, -0.25) is 14.9 Å². The number of anilines is 1. The van der Waals surface area contributed by atoms with Crippen LogP contribution in [-0.2, 0) is 32.7 Å². The van der Waals surface area contributed by atoms with E-state index < -0.39 is 45.5 Å². The van der Waals surface area contributed by atoms with Crippen LogP contribution in [0.15, 0.2) is 54.6 Å². The zero-order valence-electron chi connectivity index (χ0n) is 27.2. The van der Waals surface area contributed by atoms with E-state index in [-0.39, 0.29) is 62.5 Å². The Bertz CT molecular complexity index is 1730. The van der Waals surface area contributed by atoms with Crippen molar-refractivity contribution in [2.45, 2.75) is 51.7 Å². The number of halogens is 1.